The molecule has 0 saturated heterocycles. The Morgan fingerprint density at radius 2 is 2.10 bits per heavy atom. The molecule has 2 rings (SSSR count). The third-order valence-electron chi connectivity index (χ3n) is 3.27. The number of thioether (sulfide) groups is 1. The Morgan fingerprint density at radius 3 is 2.80 bits per heavy atom. The number of benzene rings is 1. The van der Waals surface area contributed by atoms with E-state index >= 15 is 0 Å². The predicted molar refractivity (Wildman–Crippen MR) is 77.2 cm³/mol. The van der Waals surface area contributed by atoms with Gasteiger partial charge in [-0.05, 0) is 26.1 Å². The fraction of sp³-hybridized carbons (Fsp3) is 0.429. The highest BCUT2D eigenvalue weighted by atomic mass is 32.2. The van der Waals surface area contributed by atoms with E-state index in [2.05, 4.69) is 22.4 Å². The maximum absolute atomic E-state index is 13.5. The molecular weight excluding hydrogens is 277 g/mol. The Balaban J connectivity index is 1.98. The zero-order valence-corrected chi connectivity index (χ0v) is 12.6. The summed E-state index contributed by atoms with van der Waals surface area (Å²) in [6.07, 6.45) is 0. The average molecular weight is 295 g/mol. The molecule has 0 aliphatic rings. The molecule has 4 nitrogen and oxygen atoms in total. The van der Waals surface area contributed by atoms with Gasteiger partial charge in [-0.3, -0.25) is 0 Å². The van der Waals surface area contributed by atoms with Crippen LogP contribution < -0.4 is 5.32 Å². The molecule has 0 aliphatic heterocycles. The lowest BCUT2D eigenvalue weighted by atomic mass is 10.0. The summed E-state index contributed by atoms with van der Waals surface area (Å²) in [5.41, 5.74) is 0. The van der Waals surface area contributed by atoms with Gasteiger partial charge in [0.2, 0.25) is 5.89 Å². The summed E-state index contributed by atoms with van der Waals surface area (Å²) in [6, 6.07) is 6.92. The van der Waals surface area contributed by atoms with Crippen molar-refractivity contribution in [2.24, 2.45) is 0 Å². The molecule has 1 N–H and O–H groups in total. The van der Waals surface area contributed by atoms with Gasteiger partial charge in [0.1, 0.15) is 5.82 Å². The van der Waals surface area contributed by atoms with Gasteiger partial charge in [0.15, 0.2) is 5.82 Å². The van der Waals surface area contributed by atoms with E-state index in [0.717, 1.165) is 0 Å². The molecule has 0 fully saturated rings. The molecule has 1 aromatic carbocycles. The molecule has 0 spiro atoms. The Hall–Kier alpha value is -1.40. The lowest BCUT2D eigenvalue weighted by Gasteiger charge is -2.14. The van der Waals surface area contributed by atoms with E-state index in [-0.39, 0.29) is 17.8 Å². The summed E-state index contributed by atoms with van der Waals surface area (Å²) >= 11 is 1.36. The monoisotopic (exact) mass is 295 g/mol. The molecule has 0 amide bonds. The predicted octanol–water partition coefficient (Wildman–Crippen LogP) is 3.21. The van der Waals surface area contributed by atoms with Crippen LogP contribution in [0.3, 0.4) is 0 Å². The van der Waals surface area contributed by atoms with Crippen LogP contribution in [0.5, 0.6) is 0 Å². The van der Waals surface area contributed by atoms with Gasteiger partial charge in [0.05, 0.1) is 11.7 Å². The van der Waals surface area contributed by atoms with Crippen molar-refractivity contribution >= 4 is 11.8 Å². The quantitative estimate of drug-likeness (QED) is 0.829. The van der Waals surface area contributed by atoms with Gasteiger partial charge in [0.25, 0.3) is 0 Å². The molecule has 0 bridgehead atoms. The van der Waals surface area contributed by atoms with E-state index in [9.17, 15) is 4.39 Å². The minimum Gasteiger partial charge on any atom is -0.339 e. The summed E-state index contributed by atoms with van der Waals surface area (Å²) in [5.74, 6) is 1.60. The van der Waals surface area contributed by atoms with E-state index in [1.165, 1.54) is 17.8 Å². The highest BCUT2D eigenvalue weighted by Gasteiger charge is 2.19. The Labute approximate surface area is 122 Å². The van der Waals surface area contributed by atoms with Crippen molar-refractivity contribution in [1.82, 2.24) is 15.5 Å². The summed E-state index contributed by atoms with van der Waals surface area (Å²) in [7, 11) is 1.90. The van der Waals surface area contributed by atoms with Crippen molar-refractivity contribution < 1.29 is 8.91 Å². The second-order valence-corrected chi connectivity index (χ2v) is 5.65. The normalized spacial score (nSPS) is 14.2. The average Bonchev–Trinajstić information content (AvgIpc) is 2.93. The van der Waals surface area contributed by atoms with Crippen LogP contribution in [0, 0.1) is 5.82 Å². The van der Waals surface area contributed by atoms with Crippen LogP contribution in [0.4, 0.5) is 4.39 Å². The van der Waals surface area contributed by atoms with Gasteiger partial charge >= 0.3 is 0 Å². The fourth-order valence-electron chi connectivity index (χ4n) is 1.68. The lowest BCUT2D eigenvalue weighted by molar-refractivity contribution is 0.334. The summed E-state index contributed by atoms with van der Waals surface area (Å²) in [5, 5.41) is 7.10. The number of hydrogen-bond acceptors (Lipinski definition) is 5. The van der Waals surface area contributed by atoms with Crippen molar-refractivity contribution in [3.8, 4) is 0 Å². The standard InChI is InChI=1S/C14H18FN3OS/c1-9(10(2)16-3)14-17-13(18-19-14)8-20-12-7-5-4-6-11(12)15/h4-7,9-10,16H,8H2,1-3H3. The second-order valence-electron chi connectivity index (χ2n) is 4.63. The lowest BCUT2D eigenvalue weighted by Crippen LogP contribution is -2.27. The van der Waals surface area contributed by atoms with Crippen LogP contribution in [0.15, 0.2) is 33.7 Å². The minimum atomic E-state index is -0.224. The molecule has 2 atom stereocenters. The van der Waals surface area contributed by atoms with Crippen molar-refractivity contribution in [2.75, 3.05) is 7.05 Å². The number of halogens is 1. The summed E-state index contributed by atoms with van der Waals surface area (Å²) < 4.78 is 18.7. The van der Waals surface area contributed by atoms with Gasteiger partial charge in [0, 0.05) is 10.9 Å². The molecule has 108 valence electrons. The molecule has 2 unspecified atom stereocenters. The van der Waals surface area contributed by atoms with Crippen LogP contribution in [0.1, 0.15) is 31.5 Å². The van der Waals surface area contributed by atoms with Gasteiger partial charge in [-0.15, -0.1) is 11.8 Å². The van der Waals surface area contributed by atoms with E-state index in [1.54, 1.807) is 12.1 Å². The number of aromatic nitrogens is 2. The summed E-state index contributed by atoms with van der Waals surface area (Å²) in [6.45, 7) is 4.09. The van der Waals surface area contributed by atoms with Crippen LogP contribution in [-0.2, 0) is 5.75 Å². The maximum atomic E-state index is 13.5. The molecule has 0 aliphatic carbocycles. The van der Waals surface area contributed by atoms with Crippen LogP contribution in [0.25, 0.3) is 0 Å². The number of likely N-dealkylation sites (N-methyl/N-ethyl adjacent to an activating group) is 1. The first-order chi connectivity index (χ1) is 9.61. The van der Waals surface area contributed by atoms with Crippen molar-refractivity contribution in [3.05, 3.63) is 41.8 Å². The summed E-state index contributed by atoms with van der Waals surface area (Å²) in [4.78, 5) is 4.96. The largest absolute Gasteiger partial charge is 0.339 e. The maximum Gasteiger partial charge on any atom is 0.231 e. The zero-order chi connectivity index (χ0) is 14.5. The topological polar surface area (TPSA) is 51.0 Å². The van der Waals surface area contributed by atoms with Crippen molar-refractivity contribution in [3.63, 3.8) is 0 Å². The first-order valence-electron chi connectivity index (χ1n) is 6.49. The second kappa shape index (κ2) is 6.85. The van der Waals surface area contributed by atoms with Crippen molar-refractivity contribution in [1.29, 1.82) is 0 Å². The third kappa shape index (κ3) is 3.58. The number of nitrogens with zero attached hydrogens (tertiary/aromatic N) is 2. The Morgan fingerprint density at radius 1 is 1.35 bits per heavy atom. The fourth-order valence-corrected chi connectivity index (χ4v) is 2.46. The SMILES string of the molecule is CNC(C)C(C)c1nc(CSc2ccccc2F)no1. The first kappa shape index (κ1) is 15.0. The Kier molecular flexibility index (Phi) is 5.14. The molecule has 1 heterocycles. The van der Waals surface area contributed by atoms with Gasteiger partial charge in [-0.25, -0.2) is 4.39 Å². The van der Waals surface area contributed by atoms with Crippen LogP contribution in [0.2, 0.25) is 0 Å². The number of nitrogens with one attached hydrogen (secondary N) is 1. The van der Waals surface area contributed by atoms with Crippen LogP contribution >= 0.6 is 11.8 Å². The zero-order valence-electron chi connectivity index (χ0n) is 11.8. The first-order valence-corrected chi connectivity index (χ1v) is 7.47. The van der Waals surface area contributed by atoms with E-state index in [0.29, 0.717) is 22.4 Å². The van der Waals surface area contributed by atoms with Crippen LogP contribution in [-0.4, -0.2) is 23.2 Å². The molecule has 1 aromatic heterocycles. The van der Waals surface area contributed by atoms with Gasteiger partial charge in [-0.1, -0.05) is 24.2 Å². The minimum absolute atomic E-state index is 0.139. The van der Waals surface area contributed by atoms with Gasteiger partial charge < -0.3 is 9.84 Å². The third-order valence-corrected chi connectivity index (χ3v) is 4.32. The highest BCUT2D eigenvalue weighted by Crippen LogP contribution is 2.25. The Bertz CT molecular complexity index is 561. The van der Waals surface area contributed by atoms with E-state index in [1.807, 2.05) is 20.0 Å². The van der Waals surface area contributed by atoms with E-state index < -0.39 is 0 Å². The molecular formula is C14H18FN3OS. The number of rotatable bonds is 6. The molecule has 0 radical (unpaired) electrons. The number of hydrogen-bond donors (Lipinski definition) is 1. The van der Waals surface area contributed by atoms with Gasteiger partial charge in [-0.2, -0.15) is 4.98 Å². The molecule has 2 aromatic rings. The molecule has 20 heavy (non-hydrogen) atoms. The molecule has 6 heteroatoms. The molecule has 0 saturated carbocycles. The highest BCUT2D eigenvalue weighted by molar-refractivity contribution is 7.98. The smallest absolute Gasteiger partial charge is 0.231 e. The van der Waals surface area contributed by atoms with Crippen molar-refractivity contribution in [2.45, 2.75) is 36.5 Å². The van der Waals surface area contributed by atoms with E-state index in [4.69, 9.17) is 4.52 Å².